The zero-order valence-corrected chi connectivity index (χ0v) is 14.9. The Morgan fingerprint density at radius 2 is 2.08 bits per heavy atom. The standard InChI is InChI=1S/C19H27FN4O/c1-21-18(24-11-10-19(14-24)8-3-2-4-9-19)22-13-17(25)23-16-7-5-6-15(20)12-16/h5-7,12H,2-4,8-11,13-14H2,1H3,(H,21,22)(H,23,25). The van der Waals surface area contributed by atoms with Gasteiger partial charge in [-0.1, -0.05) is 25.3 Å². The molecular weight excluding hydrogens is 319 g/mol. The van der Waals surface area contributed by atoms with E-state index in [1.54, 1.807) is 19.2 Å². The van der Waals surface area contributed by atoms with Crippen LogP contribution in [0.3, 0.4) is 0 Å². The van der Waals surface area contributed by atoms with E-state index in [2.05, 4.69) is 20.5 Å². The van der Waals surface area contributed by atoms with E-state index in [-0.39, 0.29) is 18.3 Å². The maximum absolute atomic E-state index is 13.2. The number of aliphatic imine (C=N–C) groups is 1. The quantitative estimate of drug-likeness (QED) is 0.653. The predicted octanol–water partition coefficient (Wildman–Crippen LogP) is 3.00. The molecule has 1 aliphatic heterocycles. The van der Waals surface area contributed by atoms with E-state index in [1.165, 1.54) is 50.7 Å². The van der Waals surface area contributed by atoms with E-state index in [1.807, 2.05) is 0 Å². The van der Waals surface area contributed by atoms with Crippen molar-refractivity contribution in [3.05, 3.63) is 30.1 Å². The lowest BCUT2D eigenvalue weighted by Crippen LogP contribution is -2.44. The van der Waals surface area contributed by atoms with Crippen molar-refractivity contribution in [3.63, 3.8) is 0 Å². The smallest absolute Gasteiger partial charge is 0.243 e. The molecule has 1 aromatic rings. The third-order valence-electron chi connectivity index (χ3n) is 5.38. The summed E-state index contributed by atoms with van der Waals surface area (Å²) in [6.07, 6.45) is 7.84. The Morgan fingerprint density at radius 1 is 1.28 bits per heavy atom. The van der Waals surface area contributed by atoms with Gasteiger partial charge in [-0.05, 0) is 42.9 Å². The summed E-state index contributed by atoms with van der Waals surface area (Å²) < 4.78 is 13.2. The SMILES string of the molecule is CN=C(NCC(=O)Nc1cccc(F)c1)N1CCC2(CCCCC2)C1. The Labute approximate surface area is 148 Å². The summed E-state index contributed by atoms with van der Waals surface area (Å²) >= 11 is 0. The summed E-state index contributed by atoms with van der Waals surface area (Å²) in [7, 11) is 1.75. The number of carbonyl (C=O) groups excluding carboxylic acids is 1. The van der Waals surface area contributed by atoms with Crippen molar-refractivity contribution >= 4 is 17.6 Å². The number of guanidine groups is 1. The van der Waals surface area contributed by atoms with Gasteiger partial charge < -0.3 is 15.5 Å². The summed E-state index contributed by atoms with van der Waals surface area (Å²) in [5.41, 5.74) is 0.906. The van der Waals surface area contributed by atoms with Crippen molar-refractivity contribution < 1.29 is 9.18 Å². The third-order valence-corrected chi connectivity index (χ3v) is 5.38. The number of rotatable bonds is 3. The minimum Gasteiger partial charge on any atom is -0.347 e. The van der Waals surface area contributed by atoms with Gasteiger partial charge in [0.05, 0.1) is 6.54 Å². The molecule has 136 valence electrons. The van der Waals surface area contributed by atoms with Crippen LogP contribution in [0.2, 0.25) is 0 Å². The highest BCUT2D eigenvalue weighted by Gasteiger charge is 2.39. The highest BCUT2D eigenvalue weighted by Crippen LogP contribution is 2.43. The molecule has 2 aliphatic rings. The molecule has 0 atom stereocenters. The fourth-order valence-corrected chi connectivity index (χ4v) is 4.09. The topological polar surface area (TPSA) is 56.7 Å². The van der Waals surface area contributed by atoms with Crippen LogP contribution in [0.5, 0.6) is 0 Å². The molecule has 1 aliphatic carbocycles. The van der Waals surface area contributed by atoms with Gasteiger partial charge in [0.1, 0.15) is 5.82 Å². The van der Waals surface area contributed by atoms with Crippen molar-refractivity contribution in [2.75, 3.05) is 32.0 Å². The number of hydrogen-bond acceptors (Lipinski definition) is 2. The molecule has 1 aromatic carbocycles. The van der Waals surface area contributed by atoms with Crippen LogP contribution in [0.25, 0.3) is 0 Å². The second kappa shape index (κ2) is 7.85. The number of nitrogens with zero attached hydrogens (tertiary/aromatic N) is 2. The summed E-state index contributed by atoms with van der Waals surface area (Å²) in [5.74, 6) is 0.201. The van der Waals surface area contributed by atoms with Gasteiger partial charge in [-0.2, -0.15) is 0 Å². The zero-order chi connectivity index (χ0) is 17.7. The van der Waals surface area contributed by atoms with Crippen molar-refractivity contribution in [2.45, 2.75) is 38.5 Å². The number of anilines is 1. The van der Waals surface area contributed by atoms with Crippen LogP contribution in [-0.2, 0) is 4.79 Å². The lowest BCUT2D eigenvalue weighted by atomic mass is 9.73. The molecule has 0 aromatic heterocycles. The van der Waals surface area contributed by atoms with Gasteiger partial charge in [0.25, 0.3) is 0 Å². The molecule has 3 rings (SSSR count). The molecule has 6 heteroatoms. The van der Waals surface area contributed by atoms with Crippen LogP contribution in [0.1, 0.15) is 38.5 Å². The third kappa shape index (κ3) is 4.50. The van der Waals surface area contributed by atoms with Crippen molar-refractivity contribution in [2.24, 2.45) is 10.4 Å². The second-order valence-electron chi connectivity index (χ2n) is 7.19. The van der Waals surface area contributed by atoms with Crippen LogP contribution >= 0.6 is 0 Å². The molecule has 1 amide bonds. The highest BCUT2D eigenvalue weighted by atomic mass is 19.1. The lowest BCUT2D eigenvalue weighted by molar-refractivity contribution is -0.115. The fraction of sp³-hybridized carbons (Fsp3) is 0.579. The minimum atomic E-state index is -0.364. The van der Waals surface area contributed by atoms with Crippen LogP contribution < -0.4 is 10.6 Å². The van der Waals surface area contributed by atoms with Crippen LogP contribution in [-0.4, -0.2) is 43.4 Å². The van der Waals surface area contributed by atoms with Crippen LogP contribution in [0, 0.1) is 11.2 Å². The molecule has 1 heterocycles. The number of benzene rings is 1. The molecule has 1 spiro atoms. The van der Waals surface area contributed by atoms with Gasteiger partial charge in [-0.3, -0.25) is 9.79 Å². The summed E-state index contributed by atoms with van der Waals surface area (Å²) in [6.45, 7) is 2.13. The van der Waals surface area contributed by atoms with Crippen LogP contribution in [0.4, 0.5) is 10.1 Å². The van der Waals surface area contributed by atoms with Crippen LogP contribution in [0.15, 0.2) is 29.3 Å². The van der Waals surface area contributed by atoms with Crippen molar-refractivity contribution in [1.29, 1.82) is 0 Å². The maximum atomic E-state index is 13.2. The second-order valence-corrected chi connectivity index (χ2v) is 7.19. The highest BCUT2D eigenvalue weighted by molar-refractivity contribution is 5.95. The summed E-state index contributed by atoms with van der Waals surface area (Å²) in [6, 6.07) is 5.90. The minimum absolute atomic E-state index is 0.118. The number of amides is 1. The molecule has 25 heavy (non-hydrogen) atoms. The average molecular weight is 346 g/mol. The first-order valence-corrected chi connectivity index (χ1v) is 9.11. The number of carbonyl (C=O) groups is 1. The first-order valence-electron chi connectivity index (χ1n) is 9.11. The van der Waals surface area contributed by atoms with Gasteiger partial charge >= 0.3 is 0 Å². The maximum Gasteiger partial charge on any atom is 0.243 e. The Kier molecular flexibility index (Phi) is 5.56. The number of nitrogens with one attached hydrogen (secondary N) is 2. The molecule has 1 saturated carbocycles. The van der Waals surface area contributed by atoms with Gasteiger partial charge in [0.2, 0.25) is 5.91 Å². The average Bonchev–Trinajstić information content (AvgIpc) is 2.99. The summed E-state index contributed by atoms with van der Waals surface area (Å²) in [5, 5.41) is 5.83. The molecule has 2 N–H and O–H groups in total. The van der Waals surface area contributed by atoms with Gasteiger partial charge in [-0.15, -0.1) is 0 Å². The predicted molar refractivity (Wildman–Crippen MR) is 98.1 cm³/mol. The van der Waals surface area contributed by atoms with Crippen molar-refractivity contribution in [3.8, 4) is 0 Å². The molecule has 0 radical (unpaired) electrons. The van der Waals surface area contributed by atoms with E-state index in [9.17, 15) is 9.18 Å². The Hall–Kier alpha value is -2.11. The number of hydrogen-bond donors (Lipinski definition) is 2. The number of halogens is 1. The van der Waals surface area contributed by atoms with E-state index in [4.69, 9.17) is 0 Å². The van der Waals surface area contributed by atoms with E-state index >= 15 is 0 Å². The molecule has 0 unspecified atom stereocenters. The Balaban J connectivity index is 1.50. The van der Waals surface area contributed by atoms with Crippen molar-refractivity contribution in [1.82, 2.24) is 10.2 Å². The normalized spacial score (nSPS) is 19.9. The first kappa shape index (κ1) is 17.7. The fourth-order valence-electron chi connectivity index (χ4n) is 4.09. The molecule has 5 nitrogen and oxygen atoms in total. The largest absolute Gasteiger partial charge is 0.347 e. The van der Waals surface area contributed by atoms with E-state index in [0.29, 0.717) is 11.1 Å². The van der Waals surface area contributed by atoms with Gasteiger partial charge in [0.15, 0.2) is 5.96 Å². The van der Waals surface area contributed by atoms with E-state index in [0.717, 1.165) is 19.0 Å². The van der Waals surface area contributed by atoms with Gasteiger partial charge in [0, 0.05) is 25.8 Å². The first-order chi connectivity index (χ1) is 12.1. The lowest BCUT2D eigenvalue weighted by Gasteiger charge is -2.33. The Bertz CT molecular complexity index is 640. The van der Waals surface area contributed by atoms with Gasteiger partial charge in [-0.25, -0.2) is 4.39 Å². The van der Waals surface area contributed by atoms with E-state index < -0.39 is 0 Å². The zero-order valence-electron chi connectivity index (χ0n) is 14.9. The molecule has 2 fully saturated rings. The molecule has 0 bridgehead atoms. The number of likely N-dealkylation sites (tertiary alicyclic amines) is 1. The Morgan fingerprint density at radius 3 is 2.80 bits per heavy atom. The monoisotopic (exact) mass is 346 g/mol. The summed E-state index contributed by atoms with van der Waals surface area (Å²) in [4.78, 5) is 18.7. The molecular formula is C19H27FN4O. The molecule has 1 saturated heterocycles.